The van der Waals surface area contributed by atoms with E-state index in [0.717, 1.165) is 68.7 Å². The van der Waals surface area contributed by atoms with Gasteiger partial charge in [-0.2, -0.15) is 4.37 Å². The van der Waals surface area contributed by atoms with Crippen LogP contribution in [-0.2, 0) is 0 Å². The normalized spacial score (nSPS) is 19.2. The van der Waals surface area contributed by atoms with Gasteiger partial charge in [-0.05, 0) is 66.8 Å². The lowest BCUT2D eigenvalue weighted by atomic mass is 9.94. The average molecular weight is 456 g/mol. The summed E-state index contributed by atoms with van der Waals surface area (Å²) in [5, 5.41) is 5.33. The van der Waals surface area contributed by atoms with Gasteiger partial charge in [-0.25, -0.2) is 5.01 Å². The quantitative estimate of drug-likeness (QED) is 0.610. The van der Waals surface area contributed by atoms with E-state index in [0.29, 0.717) is 0 Å². The number of nitrogens with one attached hydrogen (secondary N) is 1. The highest BCUT2D eigenvalue weighted by atomic mass is 32.1. The molecule has 0 saturated carbocycles. The van der Waals surface area contributed by atoms with Gasteiger partial charge in [-0.1, -0.05) is 18.2 Å². The summed E-state index contributed by atoms with van der Waals surface area (Å²) in [7, 11) is 0. The first-order chi connectivity index (χ1) is 15.3. The van der Waals surface area contributed by atoms with Crippen molar-refractivity contribution in [3.63, 3.8) is 0 Å². The fourth-order valence-corrected chi connectivity index (χ4v) is 6.00. The van der Waals surface area contributed by atoms with Gasteiger partial charge in [0.2, 0.25) is 0 Å². The summed E-state index contributed by atoms with van der Waals surface area (Å²) in [6, 6.07) is 12.3. The fraction of sp³-hybridized carbons (Fsp3) is 0.478. The number of hydrogen-bond donors (Lipinski definition) is 1. The average Bonchev–Trinajstić information content (AvgIpc) is 3.49. The van der Waals surface area contributed by atoms with Crippen LogP contribution in [0.5, 0.6) is 0 Å². The van der Waals surface area contributed by atoms with Gasteiger partial charge in [0.1, 0.15) is 5.82 Å². The maximum Gasteiger partial charge on any atom is 0.275 e. The molecule has 2 fully saturated rings. The Hall–Kier alpha value is -2.00. The molecule has 0 aliphatic carbocycles. The minimum Gasteiger partial charge on any atom is -0.353 e. The van der Waals surface area contributed by atoms with E-state index in [1.165, 1.54) is 34.4 Å². The number of benzene rings is 1. The number of fused-ring (bicyclic) bond motifs is 1. The van der Waals surface area contributed by atoms with Gasteiger partial charge in [0, 0.05) is 44.7 Å². The van der Waals surface area contributed by atoms with Crippen LogP contribution in [0.15, 0.2) is 41.8 Å². The topological polar surface area (TPSA) is 51.7 Å². The predicted molar refractivity (Wildman–Crippen MR) is 129 cm³/mol. The Labute approximate surface area is 191 Å². The zero-order valence-electron chi connectivity index (χ0n) is 17.7. The molecule has 1 amide bonds. The maximum absolute atomic E-state index is 12.2. The zero-order valence-corrected chi connectivity index (χ0v) is 19.3. The third-order valence-corrected chi connectivity index (χ3v) is 8.19. The Bertz CT molecular complexity index is 988. The summed E-state index contributed by atoms with van der Waals surface area (Å²) < 4.78 is 6.00. The molecule has 1 aromatic carbocycles. The van der Waals surface area contributed by atoms with Crippen molar-refractivity contribution in [1.29, 1.82) is 0 Å². The van der Waals surface area contributed by atoms with Crippen LogP contribution in [0.1, 0.15) is 28.9 Å². The Balaban J connectivity index is 1.03. The van der Waals surface area contributed by atoms with Gasteiger partial charge < -0.3 is 4.90 Å². The van der Waals surface area contributed by atoms with Gasteiger partial charge in [0.05, 0.1) is 9.58 Å². The van der Waals surface area contributed by atoms with Gasteiger partial charge in [0.15, 0.2) is 0 Å². The number of carbonyl (C=O) groups is 1. The highest BCUT2D eigenvalue weighted by Crippen LogP contribution is 2.30. The molecule has 1 N–H and O–H groups in total. The van der Waals surface area contributed by atoms with Crippen molar-refractivity contribution >= 4 is 44.7 Å². The van der Waals surface area contributed by atoms with Crippen molar-refractivity contribution < 1.29 is 4.79 Å². The van der Waals surface area contributed by atoms with E-state index < -0.39 is 0 Å². The summed E-state index contributed by atoms with van der Waals surface area (Å²) >= 11 is 3.10. The molecule has 6 nitrogen and oxygen atoms in total. The van der Waals surface area contributed by atoms with Gasteiger partial charge >= 0.3 is 0 Å². The number of nitrogens with zero attached hydrogens (tertiary/aromatic N) is 4. The lowest BCUT2D eigenvalue weighted by molar-refractivity contribution is 0.0691. The number of carbonyl (C=O) groups excluding carboxylic acids is 1. The molecule has 31 heavy (non-hydrogen) atoms. The minimum atomic E-state index is 0.0270. The first-order valence-corrected chi connectivity index (χ1v) is 12.8. The Morgan fingerprint density at radius 2 is 1.84 bits per heavy atom. The van der Waals surface area contributed by atoms with Gasteiger partial charge in [-0.15, -0.1) is 11.3 Å². The second kappa shape index (κ2) is 9.65. The second-order valence-corrected chi connectivity index (χ2v) is 10.2. The van der Waals surface area contributed by atoms with Crippen LogP contribution in [0.2, 0.25) is 0 Å². The van der Waals surface area contributed by atoms with E-state index in [9.17, 15) is 4.79 Å². The molecule has 2 aliphatic heterocycles. The SMILES string of the molecule is O=C(NN1CCC(CCN2CCN(c3nsc4ccccc34)CC2)CC1)c1cccs1. The van der Waals surface area contributed by atoms with E-state index >= 15 is 0 Å². The first-order valence-electron chi connectivity index (χ1n) is 11.2. The van der Waals surface area contributed by atoms with E-state index in [4.69, 9.17) is 4.37 Å². The van der Waals surface area contributed by atoms with Crippen LogP contribution in [0.4, 0.5) is 5.82 Å². The molecule has 2 saturated heterocycles. The Morgan fingerprint density at radius 3 is 2.61 bits per heavy atom. The third-order valence-electron chi connectivity index (χ3n) is 6.50. The number of piperazine rings is 1. The summed E-state index contributed by atoms with van der Waals surface area (Å²) in [6.45, 7) is 7.42. The van der Waals surface area contributed by atoms with E-state index in [1.54, 1.807) is 11.5 Å². The molecular formula is C23H29N5OS2. The van der Waals surface area contributed by atoms with Crippen molar-refractivity contribution in [2.45, 2.75) is 19.3 Å². The summed E-state index contributed by atoms with van der Waals surface area (Å²) in [5.41, 5.74) is 3.06. The molecule has 8 heteroatoms. The number of aromatic nitrogens is 1. The number of rotatable bonds is 6. The molecule has 5 rings (SSSR count). The number of anilines is 1. The van der Waals surface area contributed by atoms with Crippen molar-refractivity contribution in [2.75, 3.05) is 50.7 Å². The molecular weight excluding hydrogens is 426 g/mol. The molecule has 3 aromatic rings. The van der Waals surface area contributed by atoms with Crippen LogP contribution >= 0.6 is 22.9 Å². The molecule has 0 bridgehead atoms. The maximum atomic E-state index is 12.2. The van der Waals surface area contributed by atoms with Gasteiger partial charge in [-0.3, -0.25) is 15.1 Å². The molecule has 0 radical (unpaired) electrons. The Kier molecular flexibility index (Phi) is 6.50. The number of thiophene rings is 1. The molecule has 2 aromatic heterocycles. The molecule has 0 unspecified atom stereocenters. The van der Waals surface area contributed by atoms with Crippen molar-refractivity contribution in [3.8, 4) is 0 Å². The second-order valence-electron chi connectivity index (χ2n) is 8.47. The summed E-state index contributed by atoms with van der Waals surface area (Å²) in [6.07, 6.45) is 3.58. The van der Waals surface area contributed by atoms with E-state index in [-0.39, 0.29) is 5.91 Å². The van der Waals surface area contributed by atoms with Gasteiger partial charge in [0.25, 0.3) is 5.91 Å². The monoisotopic (exact) mass is 455 g/mol. The van der Waals surface area contributed by atoms with Crippen molar-refractivity contribution in [1.82, 2.24) is 19.7 Å². The molecule has 4 heterocycles. The largest absolute Gasteiger partial charge is 0.353 e. The third kappa shape index (κ3) is 4.92. The molecule has 0 spiro atoms. The first kappa shape index (κ1) is 20.9. The van der Waals surface area contributed by atoms with Crippen molar-refractivity contribution in [3.05, 3.63) is 46.7 Å². The number of amides is 1. The summed E-state index contributed by atoms with van der Waals surface area (Å²) in [4.78, 5) is 18.1. The van der Waals surface area contributed by atoms with E-state index in [2.05, 4.69) is 44.5 Å². The number of hydrazine groups is 1. The standard InChI is InChI=1S/C23H29N5OS2/c29-23(21-6-3-17-30-21)24-28-11-8-18(9-12-28)7-10-26-13-15-27(16-14-26)22-19-4-1-2-5-20(19)31-25-22/h1-6,17-18H,7-16H2,(H,24,29). The minimum absolute atomic E-state index is 0.0270. The molecule has 164 valence electrons. The highest BCUT2D eigenvalue weighted by Gasteiger charge is 2.24. The number of hydrogen-bond acceptors (Lipinski definition) is 7. The number of piperidine rings is 1. The lowest BCUT2D eigenvalue weighted by Crippen LogP contribution is -2.48. The van der Waals surface area contributed by atoms with E-state index in [1.807, 2.05) is 17.5 Å². The van der Waals surface area contributed by atoms with Crippen LogP contribution in [-0.4, -0.2) is 66.0 Å². The smallest absolute Gasteiger partial charge is 0.275 e. The van der Waals surface area contributed by atoms with Crippen LogP contribution in [0, 0.1) is 5.92 Å². The zero-order chi connectivity index (χ0) is 21.0. The molecule has 2 aliphatic rings. The Morgan fingerprint density at radius 1 is 1.03 bits per heavy atom. The molecule has 0 atom stereocenters. The predicted octanol–water partition coefficient (Wildman–Crippen LogP) is 3.93. The van der Waals surface area contributed by atoms with Crippen molar-refractivity contribution in [2.24, 2.45) is 5.92 Å². The van der Waals surface area contributed by atoms with Crippen LogP contribution < -0.4 is 10.3 Å². The lowest BCUT2D eigenvalue weighted by Gasteiger charge is -2.37. The van der Waals surface area contributed by atoms with Crippen LogP contribution in [0.25, 0.3) is 10.1 Å². The van der Waals surface area contributed by atoms with Crippen LogP contribution in [0.3, 0.4) is 0 Å². The summed E-state index contributed by atoms with van der Waals surface area (Å²) in [5.74, 6) is 1.95. The highest BCUT2D eigenvalue weighted by molar-refractivity contribution is 7.13. The fourth-order valence-electron chi connectivity index (χ4n) is 4.59.